The molecule has 11 heterocycles. The summed E-state index contributed by atoms with van der Waals surface area (Å²) in [7, 11) is 0. The number of carbonyl (C=O) groups is 7. The second kappa shape index (κ2) is 24.0. The number of ether oxygens (including phenoxy) is 16. The smallest absolute Gasteiger partial charge is 0.336 e. The second-order valence-electron chi connectivity index (χ2n) is 26.8. The van der Waals surface area contributed by atoms with Crippen molar-refractivity contribution in [3.63, 3.8) is 0 Å². The zero-order valence-corrected chi connectivity index (χ0v) is 51.8. The van der Waals surface area contributed by atoms with Crippen LogP contribution < -0.4 is 21.9 Å². The maximum Gasteiger partial charge on any atom is 0.336 e. The number of hydrogen-bond donors (Lipinski definition) is 4. The van der Waals surface area contributed by atoms with Gasteiger partial charge in [-0.25, -0.2) is 26.7 Å². The molecule has 12 rings (SSSR count). The van der Waals surface area contributed by atoms with Gasteiger partial charge in [-0.05, 0) is 102 Å². The van der Waals surface area contributed by atoms with E-state index in [2.05, 4.69) is 21.9 Å². The molecule has 11 aliphatic rings. The molecule has 1 aromatic carbocycles. The van der Waals surface area contributed by atoms with Gasteiger partial charge < -0.3 is 75.8 Å². The molecule has 6 amide bonds. The SMILES string of the molecule is CC(C)(C)OC(=O)[C@H]1O[C@@H]2OC(C)(C)O[C@@H]2[C@@H]1CONC(=O)[C@H]1O[C@@H]2OC(C)(C)O[C@@H]2[C@@H]1CONC(=O)[C@H]1O[C@@H]2OC(C)(C)O[C@@H]2[C@@H]1CONC(=O)[C@H]1O[C@@H]2OC(C)(C)O[C@@H]2[C@@H]1CONC(=O)[C@H]1O[C@@H]2OC(C)(C)O[C@@H]2[C@@H]1CON1C(=O)c2ccccc2C1=O. The minimum Gasteiger partial charge on any atom is -0.458 e. The predicted octanol–water partition coefficient (Wildman–Crippen LogP) is 0.210. The number of hydroxylamine groups is 6. The number of esters is 1. The van der Waals surface area contributed by atoms with Crippen LogP contribution in [0.5, 0.6) is 0 Å². The van der Waals surface area contributed by atoms with Gasteiger partial charge in [-0.1, -0.05) is 12.1 Å². The van der Waals surface area contributed by atoms with E-state index in [-0.39, 0.29) is 44.2 Å². The Kier molecular flexibility index (Phi) is 17.4. The van der Waals surface area contributed by atoms with Crippen LogP contribution in [0.3, 0.4) is 0 Å². The molecule has 0 radical (unpaired) electrons. The Balaban J connectivity index is 0.653. The van der Waals surface area contributed by atoms with Crippen molar-refractivity contribution in [3.05, 3.63) is 35.4 Å². The molecule has 11 aliphatic heterocycles. The highest BCUT2D eigenvalue weighted by Gasteiger charge is 2.63. The molecule has 10 saturated heterocycles. The van der Waals surface area contributed by atoms with E-state index in [1.165, 1.54) is 12.1 Å². The highest BCUT2D eigenvalue weighted by molar-refractivity contribution is 6.20. The lowest BCUT2D eigenvalue weighted by Gasteiger charge is -2.28. The lowest BCUT2D eigenvalue weighted by Crippen LogP contribution is -2.48. The van der Waals surface area contributed by atoms with Crippen molar-refractivity contribution < 1.29 is 134 Å². The van der Waals surface area contributed by atoms with E-state index in [1.807, 2.05) is 0 Å². The van der Waals surface area contributed by atoms with Crippen LogP contribution in [-0.4, -0.2) is 207 Å². The van der Waals surface area contributed by atoms with Gasteiger partial charge in [0.2, 0.25) is 0 Å². The summed E-state index contributed by atoms with van der Waals surface area (Å²) in [4.78, 5) is 124. The van der Waals surface area contributed by atoms with E-state index in [0.29, 0.717) is 5.06 Å². The summed E-state index contributed by atoms with van der Waals surface area (Å²) in [6, 6.07) is 6.25. The van der Waals surface area contributed by atoms with Gasteiger partial charge in [0, 0.05) is 0 Å². The van der Waals surface area contributed by atoms with Gasteiger partial charge in [-0.2, -0.15) is 0 Å². The van der Waals surface area contributed by atoms with Crippen LogP contribution in [0.25, 0.3) is 0 Å². The van der Waals surface area contributed by atoms with Gasteiger partial charge in [0.25, 0.3) is 35.4 Å². The number of nitrogens with zero attached hydrogens (tertiary/aromatic N) is 1. The third-order valence-electron chi connectivity index (χ3n) is 16.5. The van der Waals surface area contributed by atoms with E-state index in [4.69, 9.17) is 100.0 Å². The minimum atomic E-state index is -1.36. The predicted molar refractivity (Wildman–Crippen MR) is 286 cm³/mol. The number of rotatable bonds is 20. The molecular weight excluding hydrogens is 1200 g/mol. The molecule has 0 aromatic heterocycles. The van der Waals surface area contributed by atoms with Crippen LogP contribution in [-0.2, 0) is 124 Å². The Hall–Kier alpha value is -5.09. The Morgan fingerprint density at radius 2 is 0.667 bits per heavy atom. The summed E-state index contributed by atoms with van der Waals surface area (Å²) in [6.45, 7) is 20.1. The molecule has 0 aliphatic carbocycles. The first-order chi connectivity index (χ1) is 42.2. The van der Waals surface area contributed by atoms with E-state index < -0.39 is 198 Å². The number of carbonyl (C=O) groups excluding carboxylic acids is 7. The first-order valence-electron chi connectivity index (χ1n) is 29.8. The fourth-order valence-electron chi connectivity index (χ4n) is 12.9. The number of benzene rings is 1. The lowest BCUT2D eigenvalue weighted by atomic mass is 9.98. The summed E-state index contributed by atoms with van der Waals surface area (Å²) in [6.07, 6.45) is -15.8. The summed E-state index contributed by atoms with van der Waals surface area (Å²) in [5, 5.41) is 0.630. The summed E-state index contributed by atoms with van der Waals surface area (Å²) >= 11 is 0. The van der Waals surface area contributed by atoms with Gasteiger partial charge in [0.15, 0.2) is 66.5 Å². The molecule has 4 N–H and O–H groups in total. The van der Waals surface area contributed by atoms with E-state index >= 15 is 0 Å². The number of hydrogen-bond acceptors (Lipinski definition) is 28. The fourth-order valence-corrected chi connectivity index (χ4v) is 12.9. The topological polar surface area (TPSA) is 365 Å². The Morgan fingerprint density at radius 1 is 0.411 bits per heavy atom. The number of amides is 6. The third kappa shape index (κ3) is 13.1. The lowest BCUT2D eigenvalue weighted by molar-refractivity contribution is -0.223. The van der Waals surface area contributed by atoms with Crippen molar-refractivity contribution >= 4 is 41.4 Å². The van der Waals surface area contributed by atoms with Crippen LogP contribution in [0.1, 0.15) is 111 Å². The zero-order chi connectivity index (χ0) is 64.4. The van der Waals surface area contributed by atoms with Crippen LogP contribution in [0.15, 0.2) is 24.3 Å². The van der Waals surface area contributed by atoms with Crippen LogP contribution in [0, 0.1) is 29.6 Å². The first-order valence-corrected chi connectivity index (χ1v) is 29.8. The van der Waals surface area contributed by atoms with Gasteiger partial charge in [-0.15, -0.1) is 5.06 Å². The maximum absolute atomic E-state index is 14.1. The summed E-state index contributed by atoms with van der Waals surface area (Å²) < 4.78 is 95.9. The van der Waals surface area contributed by atoms with E-state index in [0.717, 1.165) is 0 Å². The normalized spacial score (nSPS) is 39.2. The van der Waals surface area contributed by atoms with Crippen LogP contribution >= 0.6 is 0 Å². The molecule has 498 valence electrons. The second-order valence-corrected chi connectivity index (χ2v) is 26.8. The van der Waals surface area contributed by atoms with Crippen LogP contribution in [0.4, 0.5) is 0 Å². The molecule has 1 aromatic rings. The largest absolute Gasteiger partial charge is 0.458 e. The average Bonchev–Trinajstić information content (AvgIpc) is 1.69. The molecule has 0 spiro atoms. The Bertz CT molecular complexity index is 2920. The average molecular weight is 1280 g/mol. The van der Waals surface area contributed by atoms with Gasteiger partial charge in [0.05, 0.1) is 73.8 Å². The van der Waals surface area contributed by atoms with E-state index in [1.54, 1.807) is 102 Å². The monoisotopic (exact) mass is 1280 g/mol. The number of nitrogens with one attached hydrogen (secondary N) is 4. The minimum absolute atomic E-state index is 0.162. The van der Waals surface area contributed by atoms with Crippen molar-refractivity contribution in [2.24, 2.45) is 29.6 Å². The molecule has 10 fully saturated rings. The molecular formula is C57H77N5O28. The van der Waals surface area contributed by atoms with Crippen molar-refractivity contribution in [1.29, 1.82) is 0 Å². The van der Waals surface area contributed by atoms with Gasteiger partial charge in [-0.3, -0.25) is 53.0 Å². The molecule has 0 unspecified atom stereocenters. The van der Waals surface area contributed by atoms with Crippen molar-refractivity contribution in [2.75, 3.05) is 33.0 Å². The quantitative estimate of drug-likeness (QED) is 0.0770. The first kappa shape index (κ1) is 65.0. The molecule has 20 atom stereocenters. The Morgan fingerprint density at radius 3 is 0.944 bits per heavy atom. The molecule has 0 saturated carbocycles. The van der Waals surface area contributed by atoms with Crippen molar-refractivity contribution in [1.82, 2.24) is 27.0 Å². The molecule has 90 heavy (non-hydrogen) atoms. The third-order valence-corrected chi connectivity index (χ3v) is 16.5. The molecule has 0 bridgehead atoms. The van der Waals surface area contributed by atoms with Crippen molar-refractivity contribution in [2.45, 2.75) is 217 Å². The van der Waals surface area contributed by atoms with Gasteiger partial charge in [0.1, 0.15) is 60.5 Å². The fraction of sp³-hybridized carbons (Fsp3) is 0.772. The van der Waals surface area contributed by atoms with Crippen molar-refractivity contribution in [3.8, 4) is 0 Å². The Labute approximate surface area is 515 Å². The number of fused-ring (bicyclic) bond motifs is 6. The molecule has 33 nitrogen and oxygen atoms in total. The van der Waals surface area contributed by atoms with Crippen LogP contribution in [0.2, 0.25) is 0 Å². The zero-order valence-electron chi connectivity index (χ0n) is 51.8. The standard InChI is InChI=1S/C57H77N5O28/c1-52(2,3)85-46(69)34-28(38-51(79-34)90-56(10,11)83-38)21-73-60-42(65)32-26(36-49(77-32)88-54(6,7)81-36)19-71-58-40(63)30-25(35-47(75-30)86-53(4,5)80-35)18-70-59-41(64)31-27(37-48(76-31)87-55(8,9)82-37)20-72-61-43(66)33-29(39-50(78-33)89-57(12,13)84-39)22-74-62-44(67)23-16-14-15-17-24(23)45(62)68/h14-17,25-39,47-51H,18-22H2,1-13H3,(H,58,63)(H,59,64)(H,60,65)(H,61,66)/t25-,26-,27-,28-,29-,30+,31+,32+,33+,34+,35-,36-,37-,38-,39-,47-,48-,49-,50-,51-/m1/s1. The highest BCUT2D eigenvalue weighted by atomic mass is 16.9. The number of imide groups is 1. The summed E-state index contributed by atoms with van der Waals surface area (Å²) in [5.41, 5.74) is 9.05. The summed E-state index contributed by atoms with van der Waals surface area (Å²) in [5.74, 6) is -15.2. The van der Waals surface area contributed by atoms with Gasteiger partial charge >= 0.3 is 5.97 Å². The highest BCUT2D eigenvalue weighted by Crippen LogP contribution is 2.47. The maximum atomic E-state index is 14.1. The molecule has 33 heteroatoms. The van der Waals surface area contributed by atoms with E-state index in [9.17, 15) is 33.6 Å².